The quantitative estimate of drug-likeness (QED) is 0.779. The minimum Gasteiger partial charge on any atom is -0.435 e. The van der Waals surface area contributed by atoms with E-state index >= 15 is 0 Å². The second kappa shape index (κ2) is 7.62. The van der Waals surface area contributed by atoms with Crippen LogP contribution in [0.2, 0.25) is 0 Å². The zero-order valence-electron chi connectivity index (χ0n) is 12.2. The van der Waals surface area contributed by atoms with E-state index in [0.717, 1.165) is 18.2 Å². The van der Waals surface area contributed by atoms with Crippen molar-refractivity contribution in [1.82, 2.24) is 14.8 Å². The smallest absolute Gasteiger partial charge is 0.387 e. The fraction of sp³-hybridized carbons (Fsp3) is 0.308. The fourth-order valence-electron chi connectivity index (χ4n) is 1.75. The Bertz CT molecular complexity index is 682. The number of ether oxygens (including phenoxy) is 2. The average molecular weight is 348 g/mol. The number of halogens is 4. The van der Waals surface area contributed by atoms with Gasteiger partial charge in [0.2, 0.25) is 5.91 Å². The second-order valence-corrected chi connectivity index (χ2v) is 4.46. The number of amides is 1. The molecule has 1 N–H and O–H groups in total. The highest BCUT2D eigenvalue weighted by Gasteiger charge is 2.19. The van der Waals surface area contributed by atoms with Crippen LogP contribution in [0.1, 0.15) is 13.0 Å². The van der Waals surface area contributed by atoms with Gasteiger partial charge in [-0.05, 0) is 19.1 Å². The van der Waals surface area contributed by atoms with Gasteiger partial charge in [-0.15, -0.1) is 0 Å². The zero-order valence-corrected chi connectivity index (χ0v) is 12.2. The summed E-state index contributed by atoms with van der Waals surface area (Å²) < 4.78 is 58.9. The van der Waals surface area contributed by atoms with Crippen molar-refractivity contribution in [2.24, 2.45) is 0 Å². The van der Waals surface area contributed by atoms with E-state index in [1.165, 1.54) is 24.3 Å². The van der Waals surface area contributed by atoms with Crippen LogP contribution in [0.15, 0.2) is 30.9 Å². The molecule has 0 unspecified atom stereocenters. The minimum absolute atomic E-state index is 0.131. The van der Waals surface area contributed by atoms with Gasteiger partial charge in [-0.3, -0.25) is 4.79 Å². The molecule has 11 heteroatoms. The largest absolute Gasteiger partial charge is 0.435 e. The summed E-state index contributed by atoms with van der Waals surface area (Å²) in [6, 6.07) is 2.24. The molecule has 1 aromatic carbocycles. The van der Waals surface area contributed by atoms with Gasteiger partial charge in [0.1, 0.15) is 24.4 Å². The van der Waals surface area contributed by atoms with Crippen LogP contribution in [0.3, 0.4) is 0 Å². The van der Waals surface area contributed by atoms with Crippen LogP contribution in [0.25, 0.3) is 0 Å². The molecular formula is C13H12F4N4O3. The van der Waals surface area contributed by atoms with Crippen molar-refractivity contribution in [2.45, 2.75) is 26.2 Å². The highest BCUT2D eigenvalue weighted by molar-refractivity contribution is 5.94. The van der Waals surface area contributed by atoms with Crippen LogP contribution in [0, 0.1) is 0 Å². The van der Waals surface area contributed by atoms with Crippen LogP contribution >= 0.6 is 0 Å². The molecule has 0 bridgehead atoms. The third-order valence-electron chi connectivity index (χ3n) is 2.87. The number of hydrogen-bond donors (Lipinski definition) is 1. The molecule has 0 aliphatic rings. The molecule has 1 amide bonds. The lowest BCUT2D eigenvalue weighted by molar-refractivity contribution is -0.119. The van der Waals surface area contributed by atoms with Gasteiger partial charge in [-0.2, -0.15) is 22.7 Å². The summed E-state index contributed by atoms with van der Waals surface area (Å²) in [6.45, 7) is -4.83. The van der Waals surface area contributed by atoms with Crippen molar-refractivity contribution >= 4 is 11.6 Å². The van der Waals surface area contributed by atoms with Crippen LogP contribution in [-0.4, -0.2) is 33.9 Å². The summed E-state index contributed by atoms with van der Waals surface area (Å²) in [5.41, 5.74) is -0.131. The molecule has 2 aromatic rings. The van der Waals surface area contributed by atoms with Crippen molar-refractivity contribution < 1.29 is 31.8 Å². The molecule has 0 fully saturated rings. The van der Waals surface area contributed by atoms with Gasteiger partial charge < -0.3 is 14.8 Å². The maximum atomic E-state index is 12.5. The van der Waals surface area contributed by atoms with E-state index in [1.54, 1.807) is 0 Å². The lowest BCUT2D eigenvalue weighted by atomic mass is 10.2. The predicted octanol–water partition coefficient (Wildman–Crippen LogP) is 2.68. The maximum Gasteiger partial charge on any atom is 0.387 e. The van der Waals surface area contributed by atoms with E-state index in [0.29, 0.717) is 0 Å². The molecule has 0 saturated heterocycles. The third kappa shape index (κ3) is 4.57. The van der Waals surface area contributed by atoms with Gasteiger partial charge in [0, 0.05) is 6.07 Å². The first-order valence-corrected chi connectivity index (χ1v) is 6.55. The third-order valence-corrected chi connectivity index (χ3v) is 2.87. The summed E-state index contributed by atoms with van der Waals surface area (Å²) in [7, 11) is 0. The minimum atomic E-state index is -3.21. The molecule has 0 spiro atoms. The lowest BCUT2D eigenvalue weighted by Gasteiger charge is -2.16. The van der Waals surface area contributed by atoms with E-state index in [4.69, 9.17) is 0 Å². The van der Waals surface area contributed by atoms with Crippen LogP contribution in [0.4, 0.5) is 23.2 Å². The molecule has 0 saturated carbocycles. The van der Waals surface area contributed by atoms with Crippen LogP contribution in [0.5, 0.6) is 11.5 Å². The lowest BCUT2D eigenvalue weighted by Crippen LogP contribution is -2.24. The topological polar surface area (TPSA) is 78.3 Å². The molecule has 0 aliphatic carbocycles. The highest BCUT2D eigenvalue weighted by Crippen LogP contribution is 2.32. The molecule has 0 radical (unpaired) electrons. The monoisotopic (exact) mass is 348 g/mol. The molecule has 1 heterocycles. The van der Waals surface area contributed by atoms with Gasteiger partial charge in [-0.1, -0.05) is 0 Å². The molecule has 1 aromatic heterocycles. The van der Waals surface area contributed by atoms with E-state index < -0.39 is 30.9 Å². The van der Waals surface area contributed by atoms with Gasteiger partial charge >= 0.3 is 13.2 Å². The first-order chi connectivity index (χ1) is 11.4. The first kappa shape index (κ1) is 17.5. The molecule has 130 valence electrons. The molecule has 0 aliphatic heterocycles. The summed E-state index contributed by atoms with van der Waals surface area (Å²) in [5, 5.41) is 6.14. The zero-order chi connectivity index (χ0) is 17.7. The highest BCUT2D eigenvalue weighted by atomic mass is 19.3. The molecule has 24 heavy (non-hydrogen) atoms. The number of anilines is 1. The molecule has 1 atom stereocenters. The Labute approximate surface area is 133 Å². The molecule has 7 nitrogen and oxygen atoms in total. The Kier molecular flexibility index (Phi) is 5.55. The predicted molar refractivity (Wildman–Crippen MR) is 73.1 cm³/mol. The normalized spacial score (nSPS) is 12.3. The van der Waals surface area contributed by atoms with E-state index in [1.807, 2.05) is 0 Å². The van der Waals surface area contributed by atoms with Crippen molar-refractivity contribution in [2.75, 3.05) is 5.32 Å². The number of carbonyl (C=O) groups is 1. The number of hydrogen-bond acceptors (Lipinski definition) is 5. The molecular weight excluding hydrogens is 336 g/mol. The van der Waals surface area contributed by atoms with E-state index in [9.17, 15) is 22.4 Å². The Morgan fingerprint density at radius 3 is 2.50 bits per heavy atom. The second-order valence-electron chi connectivity index (χ2n) is 4.46. The Balaban J connectivity index is 2.19. The maximum absolute atomic E-state index is 12.5. The van der Waals surface area contributed by atoms with Crippen LogP contribution in [-0.2, 0) is 4.79 Å². The van der Waals surface area contributed by atoms with Gasteiger partial charge in [0.15, 0.2) is 5.75 Å². The number of benzene rings is 1. The van der Waals surface area contributed by atoms with Crippen molar-refractivity contribution in [3.05, 3.63) is 30.9 Å². The molecule has 2 rings (SSSR count). The van der Waals surface area contributed by atoms with Crippen molar-refractivity contribution in [3.63, 3.8) is 0 Å². The Morgan fingerprint density at radius 1 is 1.21 bits per heavy atom. The summed E-state index contributed by atoms with van der Waals surface area (Å²) in [6.07, 6.45) is 2.53. The summed E-state index contributed by atoms with van der Waals surface area (Å²) in [5.74, 6) is -1.49. The number of alkyl halides is 4. The summed E-state index contributed by atoms with van der Waals surface area (Å²) >= 11 is 0. The van der Waals surface area contributed by atoms with Gasteiger partial charge in [-0.25, -0.2) is 9.67 Å². The SMILES string of the molecule is C[C@@H](C(=O)Nc1ccc(OC(F)F)cc1OC(F)F)n1cncn1. The van der Waals surface area contributed by atoms with E-state index in [2.05, 4.69) is 24.9 Å². The number of nitrogens with one attached hydrogen (secondary N) is 1. The summed E-state index contributed by atoms with van der Waals surface area (Å²) in [4.78, 5) is 15.8. The number of carbonyl (C=O) groups excluding carboxylic acids is 1. The fourth-order valence-corrected chi connectivity index (χ4v) is 1.75. The van der Waals surface area contributed by atoms with Crippen LogP contribution < -0.4 is 14.8 Å². The van der Waals surface area contributed by atoms with Crippen molar-refractivity contribution in [1.29, 1.82) is 0 Å². The number of nitrogens with zero attached hydrogens (tertiary/aromatic N) is 3. The van der Waals surface area contributed by atoms with Gasteiger partial charge in [0.05, 0.1) is 5.69 Å². The van der Waals surface area contributed by atoms with Crippen molar-refractivity contribution in [3.8, 4) is 11.5 Å². The Hall–Kier alpha value is -2.85. The standard InChI is InChI=1S/C13H12F4N4O3/c1-7(21-6-18-5-19-21)11(22)20-9-3-2-8(23-12(14)15)4-10(9)24-13(16)17/h2-7,12-13H,1H3,(H,20,22)/t7-/m0/s1. The average Bonchev–Trinajstić information content (AvgIpc) is 3.02. The Morgan fingerprint density at radius 2 is 1.92 bits per heavy atom. The number of aromatic nitrogens is 3. The van der Waals surface area contributed by atoms with Gasteiger partial charge in [0.25, 0.3) is 0 Å². The van der Waals surface area contributed by atoms with E-state index in [-0.39, 0.29) is 11.4 Å². The first-order valence-electron chi connectivity index (χ1n) is 6.55. The number of rotatable bonds is 7.